The van der Waals surface area contributed by atoms with Crippen molar-refractivity contribution in [2.45, 2.75) is 222 Å². The topological polar surface area (TPSA) is 201 Å². The summed E-state index contributed by atoms with van der Waals surface area (Å²) in [5, 5.41) is 58.8. The molecular weight excluding hydrogens is 901 g/mol. The van der Waals surface area contributed by atoms with Crippen molar-refractivity contribution in [1.82, 2.24) is 0 Å². The van der Waals surface area contributed by atoms with E-state index in [-0.39, 0.29) is 84.5 Å². The Morgan fingerprint density at radius 2 is 1.33 bits per heavy atom. The Morgan fingerprint density at radius 3 is 2.03 bits per heavy atom. The Kier molecular flexibility index (Phi) is 13.5. The molecule has 0 aromatic heterocycles. The molecule has 4 aliphatic carbocycles. The first-order valence-electron chi connectivity index (χ1n) is 26.5. The molecular formula is C55H76O15. The van der Waals surface area contributed by atoms with Crippen LogP contribution in [0.15, 0.2) is 54.6 Å². The van der Waals surface area contributed by atoms with E-state index in [1.165, 1.54) is 0 Å². The highest BCUT2D eigenvalue weighted by Crippen LogP contribution is 2.70. The number of para-hydroxylation sites is 1. The van der Waals surface area contributed by atoms with Crippen LogP contribution in [0.3, 0.4) is 0 Å². The number of esters is 1. The minimum atomic E-state index is -1.08. The van der Waals surface area contributed by atoms with Gasteiger partial charge in [-0.25, -0.2) is 0 Å². The predicted molar refractivity (Wildman–Crippen MR) is 250 cm³/mol. The molecule has 386 valence electrons. The lowest BCUT2D eigenvalue weighted by atomic mass is 9.42. The molecule has 6 unspecified atom stereocenters. The molecule has 0 radical (unpaired) electrons. The van der Waals surface area contributed by atoms with Gasteiger partial charge in [-0.2, -0.15) is 0 Å². The minimum absolute atomic E-state index is 0.0263. The van der Waals surface area contributed by atoms with Crippen LogP contribution >= 0.6 is 0 Å². The molecule has 11 rings (SSSR count). The van der Waals surface area contributed by atoms with Gasteiger partial charge in [0.2, 0.25) is 0 Å². The third-order valence-electron chi connectivity index (χ3n) is 19.6. The number of phenolic OH excluding ortho intramolecular Hbond substituents is 1. The normalized spacial score (nSPS) is 50.1. The molecule has 2 aromatic rings. The fraction of sp³-hybridized carbons (Fsp3) is 0.764. The Bertz CT molecular complexity index is 2140. The number of benzene rings is 2. The quantitative estimate of drug-likeness (QED) is 0.130. The van der Waals surface area contributed by atoms with Gasteiger partial charge in [0.05, 0.1) is 60.9 Å². The van der Waals surface area contributed by atoms with Gasteiger partial charge in [-0.1, -0.05) is 62.4 Å². The molecule has 5 saturated heterocycles. The van der Waals surface area contributed by atoms with Crippen LogP contribution in [0.4, 0.5) is 0 Å². The van der Waals surface area contributed by atoms with E-state index in [2.05, 4.69) is 13.8 Å². The minimum Gasteiger partial charge on any atom is -0.508 e. The van der Waals surface area contributed by atoms with E-state index in [9.17, 15) is 30.3 Å². The summed E-state index contributed by atoms with van der Waals surface area (Å²) in [7, 11) is 0. The third kappa shape index (κ3) is 8.66. The zero-order valence-electron chi connectivity index (χ0n) is 41.3. The van der Waals surface area contributed by atoms with Gasteiger partial charge in [-0.05, 0) is 113 Å². The van der Waals surface area contributed by atoms with Crippen LogP contribution in [0.5, 0.6) is 5.75 Å². The molecule has 2 aromatic carbocycles. The lowest BCUT2D eigenvalue weighted by Gasteiger charge is -2.65. The Morgan fingerprint density at radius 1 is 0.671 bits per heavy atom. The van der Waals surface area contributed by atoms with Gasteiger partial charge >= 0.3 is 5.97 Å². The Balaban J connectivity index is 0.665. The lowest BCUT2D eigenvalue weighted by Crippen LogP contribution is -2.67. The van der Waals surface area contributed by atoms with Gasteiger partial charge in [0.25, 0.3) is 0 Å². The molecule has 9 fully saturated rings. The highest BCUT2D eigenvalue weighted by Gasteiger charge is 2.72. The molecule has 4 saturated carbocycles. The first-order valence-corrected chi connectivity index (χ1v) is 26.5. The number of rotatable bonds is 10. The second-order valence-electron chi connectivity index (χ2n) is 23.2. The number of aromatic hydroxyl groups is 1. The van der Waals surface area contributed by atoms with Crippen LogP contribution in [0.2, 0.25) is 0 Å². The van der Waals surface area contributed by atoms with Crippen molar-refractivity contribution in [3.8, 4) is 5.75 Å². The smallest absolute Gasteiger partial charge is 0.306 e. The highest BCUT2D eigenvalue weighted by atomic mass is 16.8. The van der Waals surface area contributed by atoms with Crippen molar-refractivity contribution in [2.24, 2.45) is 40.4 Å². The summed E-state index contributed by atoms with van der Waals surface area (Å²) in [5.41, 5.74) is -0.296. The number of phenols is 1. The van der Waals surface area contributed by atoms with Crippen LogP contribution < -0.4 is 0 Å². The fourth-order valence-electron chi connectivity index (χ4n) is 15.8. The maximum Gasteiger partial charge on any atom is 0.306 e. The summed E-state index contributed by atoms with van der Waals surface area (Å²) in [4.78, 5) is 12.9. The molecule has 70 heavy (non-hydrogen) atoms. The summed E-state index contributed by atoms with van der Waals surface area (Å²) >= 11 is 0. The van der Waals surface area contributed by atoms with Gasteiger partial charge in [0.1, 0.15) is 30.2 Å². The number of cyclic esters (lactones) is 1. The van der Waals surface area contributed by atoms with Gasteiger partial charge in [-0.15, -0.1) is 0 Å². The van der Waals surface area contributed by atoms with Crippen LogP contribution in [-0.2, 0) is 53.8 Å². The van der Waals surface area contributed by atoms with Crippen LogP contribution in [0.1, 0.15) is 129 Å². The van der Waals surface area contributed by atoms with Crippen molar-refractivity contribution in [2.75, 3.05) is 0 Å². The summed E-state index contributed by atoms with van der Waals surface area (Å²) in [5.74, 6) is 0.151. The average Bonchev–Trinajstić information content (AvgIpc) is 4.01. The standard InChI is InChI=1S/C55H76O15/c1-28-49(68-47-26-41(58)50(29(2)63-47)69-48-27-43-51(30(3)64-48)70-52(67-43)31-11-7-6-8-12-31)40(57)25-46(62-28)65-34-17-19-53(4)33(22-34)15-16-37-38(53)24-44(59)54(5)36(18-20-55(37,54)61)35-23-45(60)66-42(35)21-32-13-9-10-14-39(32)56/h6-14,28-30,33-38,40-44,46-52,56-59,61H,15-27H2,1-5H3/t28-,29-,30-,33-,34+,35?,36-,37-,38+,40+,41+,42?,43+,44-,46?,47?,48?,49-,50-,51-,52?,53+,54+,55+/m1/s1. The molecule has 0 spiro atoms. The largest absolute Gasteiger partial charge is 0.508 e. The number of hydrogen-bond acceptors (Lipinski definition) is 15. The van der Waals surface area contributed by atoms with Gasteiger partial charge in [-0.3, -0.25) is 4.79 Å². The maximum absolute atomic E-state index is 13.0. The second-order valence-corrected chi connectivity index (χ2v) is 23.2. The SMILES string of the molecule is C[C@H]1OC(O[C@H]2[C@@H](O)CC(O[C@H]3[C@@H](O)CC(O[C@H]4CC[C@@]5(C)[C@H](CC[C@@H]6[C@@H]5C[C@@H](O)[C@]5(C)[C@@H](C7CC(=O)OC7Cc7ccccc7O)CC[C@]65O)C4)O[C@@H]3C)O[C@@H]2C)C[C@@H]2OC(c3ccccc3)O[C@@H]21. The zero-order valence-corrected chi connectivity index (χ0v) is 41.3. The van der Waals surface area contributed by atoms with Crippen molar-refractivity contribution < 1.29 is 73.0 Å². The Labute approximate surface area is 411 Å². The van der Waals surface area contributed by atoms with Gasteiger partial charge in [0.15, 0.2) is 25.2 Å². The molecule has 5 heterocycles. The van der Waals surface area contributed by atoms with E-state index >= 15 is 0 Å². The highest BCUT2D eigenvalue weighted by molar-refractivity contribution is 5.72. The van der Waals surface area contributed by atoms with Gasteiger partial charge in [0, 0.05) is 42.6 Å². The first kappa shape index (κ1) is 49.4. The lowest BCUT2D eigenvalue weighted by molar-refractivity contribution is -0.334. The zero-order chi connectivity index (χ0) is 48.9. The third-order valence-corrected chi connectivity index (χ3v) is 19.6. The number of fused-ring (bicyclic) bond motifs is 6. The van der Waals surface area contributed by atoms with Crippen molar-refractivity contribution in [3.63, 3.8) is 0 Å². The number of carbonyl (C=O) groups is 1. The summed E-state index contributed by atoms with van der Waals surface area (Å²) in [6.07, 6.45) is -0.954. The molecule has 15 heteroatoms. The van der Waals surface area contributed by atoms with E-state index < -0.39 is 85.0 Å². The Hall–Kier alpha value is -2.77. The molecule has 24 atom stereocenters. The van der Waals surface area contributed by atoms with Crippen LogP contribution in [-0.4, -0.2) is 129 Å². The van der Waals surface area contributed by atoms with Crippen LogP contribution in [0, 0.1) is 40.4 Å². The molecule has 5 N–H and O–H groups in total. The number of aliphatic hydroxyl groups is 4. The number of aliphatic hydroxyl groups excluding tert-OH is 3. The summed E-state index contributed by atoms with van der Waals surface area (Å²) in [6.45, 7) is 10.1. The number of ether oxygens (including phenoxy) is 9. The first-order chi connectivity index (χ1) is 33.5. The van der Waals surface area contributed by atoms with E-state index in [1.807, 2.05) is 63.2 Å². The van der Waals surface area contributed by atoms with Crippen molar-refractivity contribution in [3.05, 3.63) is 65.7 Å². The molecule has 9 aliphatic rings. The summed E-state index contributed by atoms with van der Waals surface area (Å²) in [6, 6.07) is 17.0. The number of hydrogen-bond donors (Lipinski definition) is 5. The summed E-state index contributed by atoms with van der Waals surface area (Å²) < 4.78 is 56.7. The molecule has 0 bridgehead atoms. The number of carbonyl (C=O) groups excluding carboxylic acids is 1. The van der Waals surface area contributed by atoms with Crippen molar-refractivity contribution in [1.29, 1.82) is 0 Å². The van der Waals surface area contributed by atoms with E-state index in [0.29, 0.717) is 38.0 Å². The van der Waals surface area contributed by atoms with E-state index in [4.69, 9.17) is 42.6 Å². The second kappa shape index (κ2) is 19.2. The molecule has 5 aliphatic heterocycles. The average molecular weight is 977 g/mol. The molecule has 0 amide bonds. The van der Waals surface area contributed by atoms with Crippen LogP contribution in [0.25, 0.3) is 0 Å². The monoisotopic (exact) mass is 977 g/mol. The van der Waals surface area contributed by atoms with E-state index in [0.717, 1.165) is 43.2 Å². The predicted octanol–water partition coefficient (Wildman–Crippen LogP) is 6.38. The van der Waals surface area contributed by atoms with Crippen molar-refractivity contribution >= 4 is 5.97 Å². The fourth-order valence-corrected chi connectivity index (χ4v) is 15.8. The maximum atomic E-state index is 13.0. The molecule has 15 nitrogen and oxygen atoms in total. The van der Waals surface area contributed by atoms with E-state index in [1.54, 1.807) is 12.1 Å². The van der Waals surface area contributed by atoms with Gasteiger partial charge < -0.3 is 68.2 Å².